The van der Waals surface area contributed by atoms with Crippen molar-refractivity contribution in [3.05, 3.63) is 101 Å². The van der Waals surface area contributed by atoms with Crippen LogP contribution in [0.2, 0.25) is 5.02 Å². The molecular formula is C28H21ClN2O6S. The Bertz CT molecular complexity index is 1570. The summed E-state index contributed by atoms with van der Waals surface area (Å²) in [5.74, 6) is -3.07. The van der Waals surface area contributed by atoms with E-state index < -0.39 is 23.1 Å². The quantitative estimate of drug-likeness (QED) is 0.191. The molecular weight excluding hydrogens is 528 g/mol. The molecule has 0 aliphatic rings. The molecule has 0 aliphatic carbocycles. The highest BCUT2D eigenvalue weighted by Gasteiger charge is 2.18. The van der Waals surface area contributed by atoms with Gasteiger partial charge < -0.3 is 20.8 Å². The van der Waals surface area contributed by atoms with Gasteiger partial charge >= 0.3 is 11.9 Å². The monoisotopic (exact) mass is 548 g/mol. The molecule has 0 heterocycles. The molecule has 0 saturated heterocycles. The number of nitrogens with one attached hydrogen (secondary N) is 2. The first-order valence-corrected chi connectivity index (χ1v) is 12.6. The first kappa shape index (κ1) is 26.7. The number of benzene rings is 4. The molecule has 0 aromatic heterocycles. The smallest absolute Gasteiger partial charge is 0.337 e. The van der Waals surface area contributed by atoms with Gasteiger partial charge in [-0.1, -0.05) is 35.9 Å². The summed E-state index contributed by atoms with van der Waals surface area (Å²) >= 11 is 7.16. The molecule has 8 nitrogen and oxygen atoms in total. The second-order valence-electron chi connectivity index (χ2n) is 8.24. The highest BCUT2D eigenvalue weighted by Crippen LogP contribution is 2.28. The topological polar surface area (TPSA) is 133 Å². The molecule has 1 unspecified atom stereocenters. The van der Waals surface area contributed by atoms with Gasteiger partial charge in [-0.2, -0.15) is 0 Å². The van der Waals surface area contributed by atoms with Crippen LogP contribution in [-0.2, 0) is 4.79 Å². The number of amides is 2. The summed E-state index contributed by atoms with van der Waals surface area (Å²) in [7, 11) is 0. The third-order valence-corrected chi connectivity index (χ3v) is 7.08. The van der Waals surface area contributed by atoms with Gasteiger partial charge in [0.25, 0.3) is 5.91 Å². The summed E-state index contributed by atoms with van der Waals surface area (Å²) in [6.45, 7) is 1.71. The number of fused-ring (bicyclic) bond motifs is 1. The Labute approximate surface area is 226 Å². The summed E-state index contributed by atoms with van der Waals surface area (Å²) in [5.41, 5.74) is 1.01. The molecule has 0 spiro atoms. The summed E-state index contributed by atoms with van der Waals surface area (Å²) in [6, 6.07) is 21.0. The van der Waals surface area contributed by atoms with Gasteiger partial charge in [-0.25, -0.2) is 9.59 Å². The molecule has 0 bridgehead atoms. The summed E-state index contributed by atoms with van der Waals surface area (Å²) < 4.78 is 0. The SMILES string of the molecule is CC(Sc1ccc(NC(=O)c2cccc3cccc(C(=O)O)c23)cc1)C(=O)Nc1ccc(Cl)c(C(=O)O)c1. The number of thioether (sulfide) groups is 1. The maximum Gasteiger partial charge on any atom is 0.337 e. The minimum absolute atomic E-state index is 0.0463. The molecule has 4 aromatic rings. The van der Waals surface area contributed by atoms with E-state index in [9.17, 15) is 29.4 Å². The lowest BCUT2D eigenvalue weighted by molar-refractivity contribution is -0.115. The third kappa shape index (κ3) is 5.96. The minimum Gasteiger partial charge on any atom is -0.478 e. The van der Waals surface area contributed by atoms with E-state index in [-0.39, 0.29) is 27.6 Å². The lowest BCUT2D eigenvalue weighted by Crippen LogP contribution is -2.22. The molecule has 4 aromatic carbocycles. The molecule has 2 amide bonds. The van der Waals surface area contributed by atoms with E-state index >= 15 is 0 Å². The van der Waals surface area contributed by atoms with Crippen LogP contribution in [0, 0.1) is 0 Å². The van der Waals surface area contributed by atoms with Crippen molar-refractivity contribution in [2.45, 2.75) is 17.1 Å². The van der Waals surface area contributed by atoms with Crippen LogP contribution in [0.15, 0.2) is 83.8 Å². The Kier molecular flexibility index (Phi) is 7.99. The Morgan fingerprint density at radius 2 is 1.37 bits per heavy atom. The lowest BCUT2D eigenvalue weighted by atomic mass is 9.98. The standard InChI is InChI=1S/C28H21ClN2O6S/c1-15(25(32)31-18-10-13-23(29)22(14-18)28(36)37)38-19-11-8-17(9-12-19)30-26(33)20-6-2-4-16-5-3-7-21(24(16)20)27(34)35/h2-15H,1H3,(H,30,33)(H,31,32)(H,34,35)(H,36,37). The van der Waals surface area contributed by atoms with E-state index in [0.717, 1.165) is 4.90 Å². The van der Waals surface area contributed by atoms with E-state index in [1.165, 1.54) is 36.0 Å². The number of hydrogen-bond donors (Lipinski definition) is 4. The number of carbonyl (C=O) groups is 4. The van der Waals surface area contributed by atoms with Crippen molar-refractivity contribution >= 4 is 69.3 Å². The zero-order valence-electron chi connectivity index (χ0n) is 19.9. The van der Waals surface area contributed by atoms with Crippen LogP contribution in [0.1, 0.15) is 38.0 Å². The van der Waals surface area contributed by atoms with E-state index in [1.807, 2.05) is 0 Å². The van der Waals surface area contributed by atoms with Gasteiger partial charge in [-0.3, -0.25) is 9.59 Å². The summed E-state index contributed by atoms with van der Waals surface area (Å²) in [6.07, 6.45) is 0. The molecule has 0 radical (unpaired) electrons. The number of aromatic carboxylic acids is 2. The average Bonchev–Trinajstić information content (AvgIpc) is 2.89. The largest absolute Gasteiger partial charge is 0.478 e. The maximum atomic E-state index is 13.0. The normalized spacial score (nSPS) is 11.5. The molecule has 10 heteroatoms. The van der Waals surface area contributed by atoms with Crippen molar-refractivity contribution in [2.24, 2.45) is 0 Å². The van der Waals surface area contributed by atoms with Crippen molar-refractivity contribution in [2.75, 3.05) is 10.6 Å². The second-order valence-corrected chi connectivity index (χ2v) is 10.1. The van der Waals surface area contributed by atoms with Gasteiger partial charge in [0, 0.05) is 27.2 Å². The van der Waals surface area contributed by atoms with Crippen LogP contribution in [-0.4, -0.2) is 39.2 Å². The molecule has 4 N–H and O–H groups in total. The predicted molar refractivity (Wildman–Crippen MR) is 148 cm³/mol. The molecule has 192 valence electrons. The highest BCUT2D eigenvalue weighted by molar-refractivity contribution is 8.00. The van der Waals surface area contributed by atoms with E-state index in [2.05, 4.69) is 10.6 Å². The predicted octanol–water partition coefficient (Wildman–Crippen LogP) is 6.26. The van der Waals surface area contributed by atoms with Crippen LogP contribution in [0.3, 0.4) is 0 Å². The van der Waals surface area contributed by atoms with Crippen molar-refractivity contribution in [1.82, 2.24) is 0 Å². The zero-order valence-corrected chi connectivity index (χ0v) is 21.5. The fourth-order valence-corrected chi connectivity index (χ4v) is 4.86. The first-order chi connectivity index (χ1) is 18.1. The van der Waals surface area contributed by atoms with Gasteiger partial charge in [0.15, 0.2) is 0 Å². The van der Waals surface area contributed by atoms with Crippen molar-refractivity contribution in [3.8, 4) is 0 Å². The number of rotatable bonds is 8. The number of carboxylic acid groups (broad SMARTS) is 2. The fourth-order valence-electron chi connectivity index (χ4n) is 3.79. The molecule has 0 aliphatic heterocycles. The van der Waals surface area contributed by atoms with Gasteiger partial charge in [0.2, 0.25) is 5.91 Å². The van der Waals surface area contributed by atoms with Crippen LogP contribution < -0.4 is 10.6 Å². The maximum absolute atomic E-state index is 13.0. The highest BCUT2D eigenvalue weighted by atomic mass is 35.5. The zero-order chi connectivity index (χ0) is 27.4. The number of halogens is 1. The Morgan fingerprint density at radius 1 is 0.763 bits per heavy atom. The van der Waals surface area contributed by atoms with E-state index in [0.29, 0.717) is 22.1 Å². The Balaban J connectivity index is 1.43. The number of carboxylic acids is 2. The van der Waals surface area contributed by atoms with Crippen molar-refractivity contribution in [3.63, 3.8) is 0 Å². The van der Waals surface area contributed by atoms with Crippen molar-refractivity contribution in [1.29, 1.82) is 0 Å². The molecule has 0 fully saturated rings. The number of carbonyl (C=O) groups excluding carboxylic acids is 2. The van der Waals surface area contributed by atoms with Crippen LogP contribution in [0.5, 0.6) is 0 Å². The summed E-state index contributed by atoms with van der Waals surface area (Å²) in [5, 5.41) is 24.8. The van der Waals surface area contributed by atoms with Gasteiger partial charge in [0.1, 0.15) is 0 Å². The minimum atomic E-state index is -1.19. The molecule has 1 atom stereocenters. The molecule has 4 rings (SSSR count). The summed E-state index contributed by atoms with van der Waals surface area (Å²) in [4.78, 5) is 49.3. The van der Waals surface area contributed by atoms with Gasteiger partial charge in [0.05, 0.1) is 21.4 Å². The van der Waals surface area contributed by atoms with Crippen LogP contribution in [0.25, 0.3) is 10.8 Å². The third-order valence-electron chi connectivity index (χ3n) is 5.64. The van der Waals surface area contributed by atoms with Gasteiger partial charge in [-0.15, -0.1) is 11.8 Å². The van der Waals surface area contributed by atoms with E-state index in [1.54, 1.807) is 61.5 Å². The Morgan fingerprint density at radius 3 is 2.00 bits per heavy atom. The average molecular weight is 549 g/mol. The number of hydrogen-bond acceptors (Lipinski definition) is 5. The van der Waals surface area contributed by atoms with Crippen LogP contribution >= 0.6 is 23.4 Å². The van der Waals surface area contributed by atoms with Gasteiger partial charge in [-0.05, 0) is 66.9 Å². The lowest BCUT2D eigenvalue weighted by Gasteiger charge is -2.13. The van der Waals surface area contributed by atoms with Crippen molar-refractivity contribution < 1.29 is 29.4 Å². The molecule has 0 saturated carbocycles. The van der Waals surface area contributed by atoms with Crippen LogP contribution in [0.4, 0.5) is 11.4 Å². The van der Waals surface area contributed by atoms with E-state index in [4.69, 9.17) is 11.6 Å². The number of anilines is 2. The first-order valence-electron chi connectivity index (χ1n) is 11.3. The second kappa shape index (κ2) is 11.4. The fraction of sp³-hybridized carbons (Fsp3) is 0.0714. The Hall–Kier alpha value is -4.34. The molecule has 38 heavy (non-hydrogen) atoms.